The van der Waals surface area contributed by atoms with Gasteiger partial charge < -0.3 is 10.6 Å². The van der Waals surface area contributed by atoms with Crippen molar-refractivity contribution in [1.29, 1.82) is 0 Å². The van der Waals surface area contributed by atoms with E-state index in [1.807, 2.05) is 32.0 Å². The predicted molar refractivity (Wildman–Crippen MR) is 77.7 cm³/mol. The van der Waals surface area contributed by atoms with E-state index in [4.69, 9.17) is 0 Å². The number of hydrogen-bond donors (Lipinski definition) is 2. The summed E-state index contributed by atoms with van der Waals surface area (Å²) in [7, 11) is 0. The largest absolute Gasteiger partial charge is 0.316 e. The average Bonchev–Trinajstić information content (AvgIpc) is 2.66. The Morgan fingerprint density at radius 3 is 2.72 bits per heavy atom. The lowest BCUT2D eigenvalue weighted by Gasteiger charge is -2.21. The first-order chi connectivity index (χ1) is 7.60. The molecule has 2 rings (SSSR count). The molecule has 1 saturated heterocycles. The zero-order valence-electron chi connectivity index (χ0n) is 10.5. The van der Waals surface area contributed by atoms with Gasteiger partial charge in [0.2, 0.25) is 5.91 Å². The Kier molecular flexibility index (Phi) is 6.60. The quantitative estimate of drug-likeness (QED) is 0.878. The highest BCUT2D eigenvalue weighted by Crippen LogP contribution is 2.25. The molecule has 102 valence electrons. The molecular weight excluding hydrogens is 273 g/mol. The Labute approximate surface area is 120 Å². The van der Waals surface area contributed by atoms with Crippen molar-refractivity contribution in [2.75, 3.05) is 18.4 Å². The zero-order valence-corrected chi connectivity index (χ0v) is 12.2. The van der Waals surface area contributed by atoms with Crippen LogP contribution in [0.2, 0.25) is 0 Å². The Balaban J connectivity index is 0.00000144. The highest BCUT2D eigenvalue weighted by Gasteiger charge is 2.36. The van der Waals surface area contributed by atoms with E-state index in [2.05, 4.69) is 15.6 Å². The second kappa shape index (κ2) is 6.92. The molecule has 0 radical (unpaired) electrons. The molecule has 0 saturated carbocycles. The molecule has 1 amide bonds. The molecule has 1 aliphatic rings. The van der Waals surface area contributed by atoms with Crippen LogP contribution < -0.4 is 10.6 Å². The minimum atomic E-state index is -0.300. The summed E-state index contributed by atoms with van der Waals surface area (Å²) in [5.74, 6) is 0.689. The van der Waals surface area contributed by atoms with Gasteiger partial charge in [0.25, 0.3) is 0 Å². The Hall–Kier alpha value is -0.840. The van der Waals surface area contributed by atoms with Crippen LogP contribution in [0.5, 0.6) is 0 Å². The van der Waals surface area contributed by atoms with Crippen molar-refractivity contribution in [3.8, 4) is 0 Å². The topological polar surface area (TPSA) is 54.0 Å². The third-order valence-electron chi connectivity index (χ3n) is 3.05. The Bertz CT molecular complexity index is 406. The SMILES string of the molecule is Cc1cccc(NC(=O)C2(C)CCNC2)n1.Cl.Cl. The molecule has 1 unspecified atom stereocenters. The summed E-state index contributed by atoms with van der Waals surface area (Å²) in [5, 5.41) is 6.08. The van der Waals surface area contributed by atoms with E-state index >= 15 is 0 Å². The molecule has 1 aliphatic heterocycles. The van der Waals surface area contributed by atoms with E-state index in [0.717, 1.165) is 25.2 Å². The number of amides is 1. The Morgan fingerprint density at radius 1 is 1.44 bits per heavy atom. The van der Waals surface area contributed by atoms with Crippen LogP contribution in [0.15, 0.2) is 18.2 Å². The number of carbonyl (C=O) groups excluding carboxylic acids is 1. The minimum absolute atomic E-state index is 0. The molecule has 2 N–H and O–H groups in total. The van der Waals surface area contributed by atoms with Gasteiger partial charge in [-0.05, 0) is 38.9 Å². The first-order valence-corrected chi connectivity index (χ1v) is 5.56. The van der Waals surface area contributed by atoms with E-state index in [9.17, 15) is 4.79 Å². The fourth-order valence-electron chi connectivity index (χ4n) is 1.89. The molecule has 0 bridgehead atoms. The second-order valence-electron chi connectivity index (χ2n) is 4.61. The van der Waals surface area contributed by atoms with Gasteiger partial charge in [-0.15, -0.1) is 24.8 Å². The molecule has 0 spiro atoms. The molecule has 18 heavy (non-hydrogen) atoms. The molecular formula is C12H19Cl2N3O. The van der Waals surface area contributed by atoms with E-state index in [1.54, 1.807) is 0 Å². The van der Waals surface area contributed by atoms with Crippen molar-refractivity contribution in [1.82, 2.24) is 10.3 Å². The molecule has 1 fully saturated rings. The van der Waals surface area contributed by atoms with Gasteiger partial charge in [0.1, 0.15) is 5.82 Å². The molecule has 1 aromatic heterocycles. The normalized spacial score (nSPS) is 21.7. The highest BCUT2D eigenvalue weighted by molar-refractivity contribution is 5.94. The number of anilines is 1. The monoisotopic (exact) mass is 291 g/mol. The molecule has 6 heteroatoms. The van der Waals surface area contributed by atoms with Gasteiger partial charge in [-0.25, -0.2) is 4.98 Å². The number of hydrogen-bond acceptors (Lipinski definition) is 3. The molecule has 1 atom stereocenters. The van der Waals surface area contributed by atoms with Crippen LogP contribution in [0.25, 0.3) is 0 Å². The molecule has 0 aliphatic carbocycles. The zero-order chi connectivity index (χ0) is 11.6. The van der Waals surface area contributed by atoms with Gasteiger partial charge in [0, 0.05) is 12.2 Å². The van der Waals surface area contributed by atoms with E-state index in [-0.39, 0.29) is 36.1 Å². The highest BCUT2D eigenvalue weighted by atomic mass is 35.5. The van der Waals surface area contributed by atoms with Crippen LogP contribution in [0, 0.1) is 12.3 Å². The lowest BCUT2D eigenvalue weighted by atomic mass is 9.89. The summed E-state index contributed by atoms with van der Waals surface area (Å²) in [6.07, 6.45) is 0.880. The summed E-state index contributed by atoms with van der Waals surface area (Å²) in [6.45, 7) is 5.54. The molecule has 2 heterocycles. The maximum atomic E-state index is 12.1. The van der Waals surface area contributed by atoms with E-state index in [0.29, 0.717) is 5.82 Å². The number of halogens is 2. The number of aryl methyl sites for hydroxylation is 1. The van der Waals surface area contributed by atoms with Crippen LogP contribution >= 0.6 is 24.8 Å². The molecule has 1 aromatic rings. The summed E-state index contributed by atoms with van der Waals surface area (Å²) in [5.41, 5.74) is 0.610. The van der Waals surface area contributed by atoms with Crippen molar-refractivity contribution in [2.24, 2.45) is 5.41 Å². The third-order valence-corrected chi connectivity index (χ3v) is 3.05. The smallest absolute Gasteiger partial charge is 0.232 e. The van der Waals surface area contributed by atoms with Crippen molar-refractivity contribution in [3.05, 3.63) is 23.9 Å². The van der Waals surface area contributed by atoms with Crippen LogP contribution in [-0.2, 0) is 4.79 Å². The first kappa shape index (κ1) is 17.2. The first-order valence-electron chi connectivity index (χ1n) is 5.56. The lowest BCUT2D eigenvalue weighted by Crippen LogP contribution is -2.35. The van der Waals surface area contributed by atoms with Gasteiger partial charge in [0.15, 0.2) is 0 Å². The van der Waals surface area contributed by atoms with E-state index in [1.165, 1.54) is 0 Å². The summed E-state index contributed by atoms with van der Waals surface area (Å²) >= 11 is 0. The van der Waals surface area contributed by atoms with Crippen LogP contribution in [-0.4, -0.2) is 24.0 Å². The van der Waals surface area contributed by atoms with E-state index < -0.39 is 0 Å². The van der Waals surface area contributed by atoms with Crippen LogP contribution in [0.3, 0.4) is 0 Å². The number of rotatable bonds is 2. The maximum absolute atomic E-state index is 12.1. The summed E-state index contributed by atoms with van der Waals surface area (Å²) in [4.78, 5) is 16.3. The van der Waals surface area contributed by atoms with Gasteiger partial charge in [-0.1, -0.05) is 6.07 Å². The number of carbonyl (C=O) groups is 1. The van der Waals surface area contributed by atoms with Crippen molar-refractivity contribution >= 4 is 36.5 Å². The van der Waals surface area contributed by atoms with Crippen LogP contribution in [0.1, 0.15) is 19.0 Å². The number of nitrogens with one attached hydrogen (secondary N) is 2. The third kappa shape index (κ3) is 3.83. The standard InChI is InChI=1S/C12H17N3O.2ClH/c1-9-4-3-5-10(14-9)15-11(16)12(2)6-7-13-8-12;;/h3-5,13H,6-8H2,1-2H3,(H,14,15,16);2*1H. The van der Waals surface area contributed by atoms with Crippen molar-refractivity contribution < 1.29 is 4.79 Å². The van der Waals surface area contributed by atoms with Crippen molar-refractivity contribution in [2.45, 2.75) is 20.3 Å². The maximum Gasteiger partial charge on any atom is 0.232 e. The molecule has 0 aromatic carbocycles. The second-order valence-corrected chi connectivity index (χ2v) is 4.61. The Morgan fingerprint density at radius 2 is 2.17 bits per heavy atom. The van der Waals surface area contributed by atoms with Gasteiger partial charge >= 0.3 is 0 Å². The van der Waals surface area contributed by atoms with Gasteiger partial charge in [-0.2, -0.15) is 0 Å². The predicted octanol–water partition coefficient (Wildman–Crippen LogP) is 2.17. The number of aromatic nitrogens is 1. The average molecular weight is 292 g/mol. The molecule has 4 nitrogen and oxygen atoms in total. The fraction of sp³-hybridized carbons (Fsp3) is 0.500. The summed E-state index contributed by atoms with van der Waals surface area (Å²) in [6, 6.07) is 5.62. The van der Waals surface area contributed by atoms with Gasteiger partial charge in [-0.3, -0.25) is 4.79 Å². The summed E-state index contributed by atoms with van der Waals surface area (Å²) < 4.78 is 0. The fourth-order valence-corrected chi connectivity index (χ4v) is 1.89. The minimum Gasteiger partial charge on any atom is -0.316 e. The van der Waals surface area contributed by atoms with Crippen molar-refractivity contribution in [3.63, 3.8) is 0 Å². The number of nitrogens with zero attached hydrogens (tertiary/aromatic N) is 1. The van der Waals surface area contributed by atoms with Gasteiger partial charge in [0.05, 0.1) is 5.41 Å². The number of pyridine rings is 1. The lowest BCUT2D eigenvalue weighted by molar-refractivity contribution is -0.123. The van der Waals surface area contributed by atoms with Crippen LogP contribution in [0.4, 0.5) is 5.82 Å².